The number of nitrogens with one attached hydrogen (secondary N) is 1. The summed E-state index contributed by atoms with van der Waals surface area (Å²) >= 11 is 0. The van der Waals surface area contributed by atoms with E-state index in [0.29, 0.717) is 19.5 Å². The Morgan fingerprint density at radius 1 is 1.19 bits per heavy atom. The van der Waals surface area contributed by atoms with Crippen molar-refractivity contribution in [3.8, 4) is 0 Å². The number of aliphatic hydroxyl groups excluding tert-OH is 1. The van der Waals surface area contributed by atoms with E-state index in [-0.39, 0.29) is 29.4 Å². The molecule has 0 saturated carbocycles. The fraction of sp³-hybridized carbons (Fsp3) is 0.667. The fourth-order valence-electron chi connectivity index (χ4n) is 4.23. The van der Waals surface area contributed by atoms with E-state index in [0.717, 1.165) is 44.5 Å². The number of urea groups is 1. The van der Waals surface area contributed by atoms with Crippen molar-refractivity contribution in [2.24, 2.45) is 5.41 Å². The number of benzene rings is 1. The zero-order chi connectivity index (χ0) is 19.4. The first-order valence-electron chi connectivity index (χ1n) is 10.0. The standard InChI is InChI=1S/C21H32FN3O2/c1-21(2)13-19(26)9-12-25(15-21)20(27)23-18-7-10-24(11-8-18)14-16-3-5-17(22)6-4-16/h3-6,18-19,26H,7-15H2,1-2H3,(H,23,27)/t19-/m0/s1. The van der Waals surface area contributed by atoms with Crippen LogP contribution in [0.1, 0.15) is 45.1 Å². The van der Waals surface area contributed by atoms with Crippen molar-refractivity contribution >= 4 is 6.03 Å². The van der Waals surface area contributed by atoms with Crippen LogP contribution >= 0.6 is 0 Å². The van der Waals surface area contributed by atoms with Gasteiger partial charge in [0.25, 0.3) is 0 Å². The molecule has 27 heavy (non-hydrogen) atoms. The van der Waals surface area contributed by atoms with Gasteiger partial charge in [-0.15, -0.1) is 0 Å². The van der Waals surface area contributed by atoms with Crippen LogP contribution in [0, 0.1) is 11.2 Å². The maximum atomic E-state index is 13.0. The van der Waals surface area contributed by atoms with Gasteiger partial charge in [0.1, 0.15) is 5.82 Å². The van der Waals surface area contributed by atoms with Gasteiger partial charge in [-0.2, -0.15) is 0 Å². The Bertz CT molecular complexity index is 627. The third-order valence-corrected chi connectivity index (χ3v) is 5.66. The van der Waals surface area contributed by atoms with Gasteiger partial charge in [-0.3, -0.25) is 4.90 Å². The lowest BCUT2D eigenvalue weighted by Gasteiger charge is -2.35. The number of carbonyl (C=O) groups excluding carboxylic acids is 1. The van der Waals surface area contributed by atoms with Crippen LogP contribution in [-0.4, -0.2) is 59.3 Å². The SMILES string of the molecule is CC1(C)C[C@@H](O)CCN(C(=O)NC2CCN(Cc3ccc(F)cc3)CC2)C1. The molecule has 0 radical (unpaired) electrons. The Kier molecular flexibility index (Phi) is 6.37. The van der Waals surface area contributed by atoms with E-state index in [9.17, 15) is 14.3 Å². The van der Waals surface area contributed by atoms with Gasteiger partial charge in [0.15, 0.2) is 0 Å². The number of amides is 2. The summed E-state index contributed by atoms with van der Waals surface area (Å²) < 4.78 is 13.0. The molecule has 2 N–H and O–H groups in total. The van der Waals surface area contributed by atoms with Gasteiger partial charge in [-0.1, -0.05) is 26.0 Å². The number of rotatable bonds is 3. The van der Waals surface area contributed by atoms with Gasteiger partial charge >= 0.3 is 6.03 Å². The molecule has 3 rings (SSSR count). The highest BCUT2D eigenvalue weighted by Crippen LogP contribution is 2.28. The first-order valence-corrected chi connectivity index (χ1v) is 10.0. The van der Waals surface area contributed by atoms with Crippen LogP contribution in [0.3, 0.4) is 0 Å². The molecule has 6 heteroatoms. The van der Waals surface area contributed by atoms with Gasteiger partial charge in [-0.05, 0) is 48.8 Å². The second kappa shape index (κ2) is 8.57. The number of nitrogens with zero attached hydrogens (tertiary/aromatic N) is 2. The zero-order valence-electron chi connectivity index (χ0n) is 16.5. The lowest BCUT2D eigenvalue weighted by atomic mass is 9.87. The van der Waals surface area contributed by atoms with Crippen molar-refractivity contribution < 1.29 is 14.3 Å². The molecule has 2 heterocycles. The van der Waals surface area contributed by atoms with Crippen molar-refractivity contribution in [1.29, 1.82) is 0 Å². The molecule has 2 amide bonds. The molecule has 0 aliphatic carbocycles. The summed E-state index contributed by atoms with van der Waals surface area (Å²) in [5, 5.41) is 13.2. The van der Waals surface area contributed by atoms with Crippen LogP contribution < -0.4 is 5.32 Å². The summed E-state index contributed by atoms with van der Waals surface area (Å²) in [6.07, 6.45) is 2.90. The molecule has 5 nitrogen and oxygen atoms in total. The highest BCUT2D eigenvalue weighted by molar-refractivity contribution is 5.74. The van der Waals surface area contributed by atoms with Crippen LogP contribution in [0.25, 0.3) is 0 Å². The number of carbonyl (C=O) groups is 1. The average molecular weight is 378 g/mol. The van der Waals surface area contributed by atoms with Crippen LogP contribution in [0.5, 0.6) is 0 Å². The lowest BCUT2D eigenvalue weighted by molar-refractivity contribution is 0.121. The molecule has 0 bridgehead atoms. The Balaban J connectivity index is 1.45. The second-order valence-electron chi connectivity index (χ2n) is 8.86. The Morgan fingerprint density at radius 2 is 1.85 bits per heavy atom. The van der Waals surface area contributed by atoms with E-state index in [1.165, 1.54) is 12.1 Å². The first-order chi connectivity index (χ1) is 12.8. The largest absolute Gasteiger partial charge is 0.393 e. The Hall–Kier alpha value is -1.66. The van der Waals surface area contributed by atoms with E-state index in [4.69, 9.17) is 0 Å². The van der Waals surface area contributed by atoms with Crippen molar-refractivity contribution in [3.63, 3.8) is 0 Å². The lowest BCUT2D eigenvalue weighted by Crippen LogP contribution is -2.50. The van der Waals surface area contributed by atoms with Crippen molar-refractivity contribution in [1.82, 2.24) is 15.1 Å². The highest BCUT2D eigenvalue weighted by Gasteiger charge is 2.32. The van der Waals surface area contributed by atoms with E-state index in [2.05, 4.69) is 24.1 Å². The van der Waals surface area contributed by atoms with Gasteiger partial charge in [0.2, 0.25) is 0 Å². The predicted molar refractivity (Wildman–Crippen MR) is 104 cm³/mol. The van der Waals surface area contributed by atoms with Crippen LogP contribution in [-0.2, 0) is 6.54 Å². The molecule has 0 unspecified atom stereocenters. The smallest absolute Gasteiger partial charge is 0.317 e. The van der Waals surface area contributed by atoms with Crippen molar-refractivity contribution in [3.05, 3.63) is 35.6 Å². The minimum Gasteiger partial charge on any atom is -0.393 e. The fourth-order valence-corrected chi connectivity index (χ4v) is 4.23. The minimum atomic E-state index is -0.326. The molecule has 0 aromatic heterocycles. The molecule has 2 aliphatic rings. The maximum absolute atomic E-state index is 13.0. The number of piperidine rings is 1. The van der Waals surface area contributed by atoms with Crippen LogP contribution in [0.4, 0.5) is 9.18 Å². The number of aliphatic hydroxyl groups is 1. The molecule has 1 aromatic rings. The topological polar surface area (TPSA) is 55.8 Å². The summed E-state index contributed by atoms with van der Waals surface area (Å²) in [5.41, 5.74) is 1.05. The highest BCUT2D eigenvalue weighted by atomic mass is 19.1. The quantitative estimate of drug-likeness (QED) is 0.851. The Labute approximate surface area is 161 Å². The van der Waals surface area contributed by atoms with Crippen molar-refractivity contribution in [2.45, 2.75) is 58.2 Å². The maximum Gasteiger partial charge on any atom is 0.317 e. The molecule has 1 atom stereocenters. The molecule has 1 aromatic carbocycles. The summed E-state index contributed by atoms with van der Waals surface area (Å²) in [6, 6.07) is 6.86. The average Bonchev–Trinajstić information content (AvgIpc) is 2.75. The minimum absolute atomic E-state index is 0.00541. The number of likely N-dealkylation sites (tertiary alicyclic amines) is 2. The van der Waals surface area contributed by atoms with E-state index >= 15 is 0 Å². The van der Waals surface area contributed by atoms with Crippen LogP contribution in [0.15, 0.2) is 24.3 Å². The molecule has 0 spiro atoms. The number of hydrogen-bond donors (Lipinski definition) is 2. The second-order valence-corrected chi connectivity index (χ2v) is 8.86. The molecular formula is C21H32FN3O2. The summed E-state index contributed by atoms with van der Waals surface area (Å²) in [6.45, 7) is 8.17. The van der Waals surface area contributed by atoms with E-state index < -0.39 is 0 Å². The Morgan fingerprint density at radius 3 is 2.52 bits per heavy atom. The number of halogens is 1. The van der Waals surface area contributed by atoms with Crippen LogP contribution in [0.2, 0.25) is 0 Å². The summed E-state index contributed by atoms with van der Waals surface area (Å²) in [4.78, 5) is 16.9. The molecule has 150 valence electrons. The van der Waals surface area contributed by atoms with Gasteiger partial charge < -0.3 is 15.3 Å². The molecular weight excluding hydrogens is 345 g/mol. The number of hydrogen-bond acceptors (Lipinski definition) is 3. The molecule has 2 fully saturated rings. The first kappa shape index (κ1) is 20.1. The van der Waals surface area contributed by atoms with Crippen molar-refractivity contribution in [2.75, 3.05) is 26.2 Å². The third kappa shape index (κ3) is 5.91. The third-order valence-electron chi connectivity index (χ3n) is 5.66. The van der Waals surface area contributed by atoms with Gasteiger partial charge in [-0.25, -0.2) is 9.18 Å². The van der Waals surface area contributed by atoms with Gasteiger partial charge in [0.05, 0.1) is 6.10 Å². The predicted octanol–water partition coefficient (Wildman–Crippen LogP) is 2.98. The zero-order valence-corrected chi connectivity index (χ0v) is 16.5. The molecule has 2 saturated heterocycles. The van der Waals surface area contributed by atoms with E-state index in [1.807, 2.05) is 17.0 Å². The summed E-state index contributed by atoms with van der Waals surface area (Å²) in [5.74, 6) is -0.204. The van der Waals surface area contributed by atoms with Gasteiger partial charge in [0, 0.05) is 38.8 Å². The molecule has 2 aliphatic heterocycles. The normalized spacial score (nSPS) is 24.4. The monoisotopic (exact) mass is 377 g/mol. The summed E-state index contributed by atoms with van der Waals surface area (Å²) in [7, 11) is 0. The van der Waals surface area contributed by atoms with E-state index in [1.54, 1.807) is 0 Å².